The van der Waals surface area contributed by atoms with Crippen molar-refractivity contribution in [2.45, 2.75) is 0 Å². The van der Waals surface area contributed by atoms with Crippen LogP contribution in [0.5, 0.6) is 0 Å². The number of hydrogen-bond donors (Lipinski definition) is 0. The molecule has 0 saturated heterocycles. The van der Waals surface area contributed by atoms with Crippen LogP contribution in [0, 0.1) is 0 Å². The molecule has 4 aromatic heterocycles. The van der Waals surface area contributed by atoms with Crippen LogP contribution in [0.15, 0.2) is 400 Å². The molecule has 0 amide bonds. The van der Waals surface area contributed by atoms with Crippen molar-refractivity contribution in [1.82, 2.24) is 18.3 Å². The lowest BCUT2D eigenvalue weighted by Crippen LogP contribution is -2.02. The zero-order valence-electron chi connectivity index (χ0n) is 57.9. The first-order chi connectivity index (χ1) is 52.7. The van der Waals surface area contributed by atoms with Gasteiger partial charge in [0.05, 0.1) is 44.1 Å². The average molecular weight is 1350 g/mol. The minimum atomic E-state index is 1.08. The third-order valence-electron chi connectivity index (χ3n) is 22.0. The Hall–Kier alpha value is -14.1. The second kappa shape index (κ2) is 24.9. The molecule has 0 bridgehead atoms. The average Bonchev–Trinajstić information content (AvgIpc) is 1.42. The fourth-order valence-corrected chi connectivity index (χ4v) is 17.6. The summed E-state index contributed by atoms with van der Waals surface area (Å²) in [4.78, 5) is 0. The predicted octanol–water partition coefficient (Wildman–Crippen LogP) is 27.4. The smallest absolute Gasteiger partial charge is 0.0547 e. The van der Waals surface area contributed by atoms with E-state index in [-0.39, 0.29) is 0 Å². The number of fused-ring (bicyclic) bond motifs is 12. The van der Waals surface area contributed by atoms with Gasteiger partial charge in [0.25, 0.3) is 0 Å². The summed E-state index contributed by atoms with van der Waals surface area (Å²) in [6.07, 6.45) is 0. The minimum Gasteiger partial charge on any atom is -0.309 e. The zero-order chi connectivity index (χ0) is 69.8. The van der Waals surface area contributed by atoms with Crippen molar-refractivity contribution in [3.05, 3.63) is 400 Å². The van der Waals surface area contributed by atoms with Crippen molar-refractivity contribution in [1.29, 1.82) is 0 Å². The molecule has 4 nitrogen and oxygen atoms in total. The minimum absolute atomic E-state index is 1.08. The van der Waals surface area contributed by atoms with Crippen molar-refractivity contribution in [3.8, 4) is 112 Å². The van der Waals surface area contributed by atoms with E-state index < -0.39 is 0 Å². The maximum atomic E-state index is 2.48. The summed E-state index contributed by atoms with van der Waals surface area (Å²) in [5.41, 5.74) is 32.4. The standard InChI is InChI=1S/C102H66N4/c1-5-29-67(30-6-1)95-97(69-33-9-3-10-34-69)100(98(70-35-11-4-12-36-70)96(68-31-7-2-8-32-68)99(95)71-57-61-75(62-58-71)103-87-49-19-13-41-79(87)80-42-14-20-50-88(80)103)72-59-63-76(64-60-72)104-91-53-23-17-45-85(91)101-83(47-27-55-93(101)104)84-48-28-56-94-102(84)86-46-18-24-54-92(86)106(94)78-40-26-38-74(66-78)73-37-25-39-77(65-73)105-89-51-21-15-43-81(89)82-44-16-22-52-90(82)105/h1-66H. The van der Waals surface area contributed by atoms with Gasteiger partial charge in [-0.3, -0.25) is 0 Å². The van der Waals surface area contributed by atoms with E-state index in [1.54, 1.807) is 0 Å². The Morgan fingerprint density at radius 2 is 0.349 bits per heavy atom. The molecule has 0 N–H and O–H groups in total. The van der Waals surface area contributed by atoms with E-state index in [2.05, 4.69) is 419 Å². The van der Waals surface area contributed by atoms with E-state index in [0.29, 0.717) is 0 Å². The van der Waals surface area contributed by atoms with Crippen LogP contribution in [0.2, 0.25) is 0 Å². The van der Waals surface area contributed by atoms with Gasteiger partial charge < -0.3 is 18.3 Å². The largest absolute Gasteiger partial charge is 0.309 e. The Morgan fingerprint density at radius 3 is 0.670 bits per heavy atom. The Labute approximate surface area is 613 Å². The van der Waals surface area contributed by atoms with Gasteiger partial charge in [-0.1, -0.05) is 303 Å². The van der Waals surface area contributed by atoms with Crippen molar-refractivity contribution in [2.75, 3.05) is 0 Å². The van der Waals surface area contributed by atoms with Crippen LogP contribution in [0.3, 0.4) is 0 Å². The molecule has 0 spiro atoms. The summed E-state index contributed by atoms with van der Waals surface area (Å²) >= 11 is 0. The summed E-state index contributed by atoms with van der Waals surface area (Å²) in [5, 5.41) is 9.84. The van der Waals surface area contributed by atoms with Gasteiger partial charge in [0.1, 0.15) is 0 Å². The number of nitrogens with zero attached hydrogens (tertiary/aromatic N) is 4. The van der Waals surface area contributed by atoms with Crippen LogP contribution >= 0.6 is 0 Å². The number of aromatic nitrogens is 4. The molecule has 0 unspecified atom stereocenters. The second-order valence-corrected chi connectivity index (χ2v) is 27.8. The summed E-state index contributed by atoms with van der Waals surface area (Å²) in [6.45, 7) is 0. The molecule has 0 atom stereocenters. The van der Waals surface area contributed by atoms with Crippen LogP contribution < -0.4 is 0 Å². The van der Waals surface area contributed by atoms with Gasteiger partial charge in [-0.05, 0) is 186 Å². The molecule has 0 aliphatic carbocycles. The quantitative estimate of drug-likeness (QED) is 0.116. The SMILES string of the molecule is c1ccc(-c2c(-c3ccccc3)c(-c3ccc(-n4c5ccccc5c5c(-c6cccc7c6c6ccccc6n7-c6cccc(-c7cccc(-n8c9ccccc9c9ccccc98)c7)c6)cccc54)cc3)c(-c3ccccc3)c(-c3ccccc3)c2-c2ccc(-n3c4ccccc4c4ccccc43)cc2)cc1. The Balaban J connectivity index is 0.735. The number of hydrogen-bond acceptors (Lipinski definition) is 0. The summed E-state index contributed by atoms with van der Waals surface area (Å²) in [5.74, 6) is 0. The fourth-order valence-electron chi connectivity index (χ4n) is 17.6. The lowest BCUT2D eigenvalue weighted by atomic mass is 9.74. The van der Waals surface area contributed by atoms with E-state index in [4.69, 9.17) is 0 Å². The second-order valence-electron chi connectivity index (χ2n) is 27.8. The molecule has 4 heteroatoms. The highest BCUT2D eigenvalue weighted by Gasteiger charge is 2.30. The van der Waals surface area contributed by atoms with Crippen LogP contribution in [-0.4, -0.2) is 18.3 Å². The molecule has 106 heavy (non-hydrogen) atoms. The molecule has 21 aromatic rings. The summed E-state index contributed by atoms with van der Waals surface area (Å²) in [7, 11) is 0. The van der Waals surface area contributed by atoms with Gasteiger partial charge in [0.2, 0.25) is 0 Å². The first kappa shape index (κ1) is 60.7. The van der Waals surface area contributed by atoms with Crippen LogP contribution in [-0.2, 0) is 0 Å². The van der Waals surface area contributed by atoms with Gasteiger partial charge in [-0.15, -0.1) is 0 Å². The van der Waals surface area contributed by atoms with Gasteiger partial charge in [-0.25, -0.2) is 0 Å². The fraction of sp³-hybridized carbons (Fsp3) is 0. The lowest BCUT2D eigenvalue weighted by molar-refractivity contribution is 1.17. The molecule has 21 rings (SSSR count). The van der Waals surface area contributed by atoms with E-state index in [1.165, 1.54) is 110 Å². The van der Waals surface area contributed by atoms with Crippen molar-refractivity contribution >= 4 is 87.2 Å². The normalized spacial score (nSPS) is 11.8. The van der Waals surface area contributed by atoms with Crippen molar-refractivity contribution < 1.29 is 0 Å². The van der Waals surface area contributed by atoms with Gasteiger partial charge in [0.15, 0.2) is 0 Å². The highest BCUT2D eigenvalue weighted by atomic mass is 15.0. The predicted molar refractivity (Wildman–Crippen MR) is 447 cm³/mol. The van der Waals surface area contributed by atoms with E-state index in [9.17, 15) is 0 Å². The number of benzene rings is 17. The van der Waals surface area contributed by atoms with Crippen molar-refractivity contribution in [3.63, 3.8) is 0 Å². The lowest BCUT2D eigenvalue weighted by Gasteiger charge is -2.29. The topological polar surface area (TPSA) is 19.7 Å². The maximum Gasteiger partial charge on any atom is 0.0547 e. The highest BCUT2D eigenvalue weighted by Crippen LogP contribution is 2.57. The Morgan fingerprint density at radius 1 is 0.132 bits per heavy atom. The van der Waals surface area contributed by atoms with Gasteiger partial charge in [-0.2, -0.15) is 0 Å². The van der Waals surface area contributed by atoms with E-state index >= 15 is 0 Å². The van der Waals surface area contributed by atoms with Crippen LogP contribution in [0.25, 0.3) is 199 Å². The monoisotopic (exact) mass is 1350 g/mol. The summed E-state index contributed by atoms with van der Waals surface area (Å²) < 4.78 is 9.77. The maximum absolute atomic E-state index is 2.48. The number of para-hydroxylation sites is 6. The first-order valence-corrected chi connectivity index (χ1v) is 36.6. The van der Waals surface area contributed by atoms with Crippen LogP contribution in [0.4, 0.5) is 0 Å². The Bertz CT molecular complexity index is 6800. The molecular formula is C102H66N4. The number of rotatable bonds is 12. The van der Waals surface area contributed by atoms with Gasteiger partial charge >= 0.3 is 0 Å². The molecule has 17 aromatic carbocycles. The highest BCUT2D eigenvalue weighted by molar-refractivity contribution is 6.23. The van der Waals surface area contributed by atoms with Crippen LogP contribution in [0.1, 0.15) is 0 Å². The molecule has 494 valence electrons. The molecule has 0 fully saturated rings. The molecule has 0 aliphatic rings. The Kier molecular flexibility index (Phi) is 14.2. The first-order valence-electron chi connectivity index (χ1n) is 36.6. The molecule has 0 aliphatic heterocycles. The van der Waals surface area contributed by atoms with E-state index in [1.807, 2.05) is 0 Å². The summed E-state index contributed by atoms with van der Waals surface area (Å²) in [6, 6.07) is 148. The molecular weight excluding hydrogens is 1280 g/mol. The van der Waals surface area contributed by atoms with Gasteiger partial charge in [0, 0.05) is 65.8 Å². The molecule has 4 heterocycles. The molecule has 0 saturated carbocycles. The third kappa shape index (κ3) is 9.62. The third-order valence-corrected chi connectivity index (χ3v) is 22.0. The van der Waals surface area contributed by atoms with Crippen molar-refractivity contribution in [2.24, 2.45) is 0 Å². The van der Waals surface area contributed by atoms with E-state index in [0.717, 1.165) is 89.3 Å². The zero-order valence-corrected chi connectivity index (χ0v) is 57.9. The molecule has 0 radical (unpaired) electrons.